The van der Waals surface area contributed by atoms with Gasteiger partial charge in [-0.1, -0.05) is 6.07 Å². The van der Waals surface area contributed by atoms with Crippen molar-refractivity contribution in [2.75, 3.05) is 0 Å². The molecule has 0 aliphatic heterocycles. The van der Waals surface area contributed by atoms with Crippen LogP contribution in [0, 0.1) is 17.0 Å². The van der Waals surface area contributed by atoms with Crippen LogP contribution in [0.5, 0.6) is 5.88 Å². The van der Waals surface area contributed by atoms with E-state index in [1.54, 1.807) is 25.1 Å². The van der Waals surface area contributed by atoms with E-state index in [2.05, 4.69) is 9.97 Å². The normalized spacial score (nSPS) is 11.0. The predicted molar refractivity (Wildman–Crippen MR) is 97.9 cm³/mol. The number of carboxylic acid groups (broad SMARTS) is 1. The number of nitro groups is 1. The second-order valence-electron chi connectivity index (χ2n) is 5.75. The minimum absolute atomic E-state index is 0.0898. The first kappa shape index (κ1) is 18.6. The number of hydrogen-bond donors (Lipinski definition) is 3. The van der Waals surface area contributed by atoms with E-state index in [1.807, 2.05) is 0 Å². The van der Waals surface area contributed by atoms with Crippen molar-refractivity contribution in [2.45, 2.75) is 6.92 Å². The topological polar surface area (TPSA) is 160 Å². The quantitative estimate of drug-likeness (QED) is 0.448. The fourth-order valence-electron chi connectivity index (χ4n) is 2.54. The summed E-state index contributed by atoms with van der Waals surface area (Å²) < 4.78 is 5.67. The van der Waals surface area contributed by atoms with Gasteiger partial charge in [-0.3, -0.25) is 14.9 Å². The lowest BCUT2D eigenvalue weighted by atomic mass is 10.0. The van der Waals surface area contributed by atoms with E-state index in [4.69, 9.17) is 9.52 Å². The Morgan fingerprint density at radius 3 is 2.64 bits per heavy atom. The molecule has 0 amide bonds. The van der Waals surface area contributed by atoms with E-state index in [0.29, 0.717) is 17.1 Å². The molecule has 0 unspecified atom stereocenters. The Morgan fingerprint density at radius 2 is 2.04 bits per heavy atom. The van der Waals surface area contributed by atoms with Crippen LogP contribution in [0.1, 0.15) is 27.5 Å². The van der Waals surface area contributed by atoms with Crippen molar-refractivity contribution in [2.24, 2.45) is 0 Å². The molecule has 2 heterocycles. The van der Waals surface area contributed by atoms with Crippen molar-refractivity contribution in [3.05, 3.63) is 73.5 Å². The van der Waals surface area contributed by atoms with E-state index in [-0.39, 0.29) is 11.4 Å². The summed E-state index contributed by atoms with van der Waals surface area (Å²) in [5.74, 6) is -1.21. The highest BCUT2D eigenvalue weighted by atomic mass is 16.6. The van der Waals surface area contributed by atoms with Crippen LogP contribution in [0.15, 0.2) is 39.5 Å². The highest BCUT2D eigenvalue weighted by Crippen LogP contribution is 2.27. The number of aromatic hydroxyl groups is 1. The van der Waals surface area contributed by atoms with Crippen LogP contribution in [0.3, 0.4) is 0 Å². The third-order valence-corrected chi connectivity index (χ3v) is 3.85. The maximum absolute atomic E-state index is 11.6. The minimum Gasteiger partial charge on any atom is -0.488 e. The molecule has 10 heteroatoms. The lowest BCUT2D eigenvalue weighted by Crippen LogP contribution is -2.14. The molecule has 0 aliphatic rings. The Hall–Kier alpha value is -4.21. The van der Waals surface area contributed by atoms with Gasteiger partial charge in [-0.2, -0.15) is 4.98 Å². The van der Waals surface area contributed by atoms with Gasteiger partial charge in [-0.25, -0.2) is 4.79 Å². The number of carbonyl (C=O) groups is 1. The summed E-state index contributed by atoms with van der Waals surface area (Å²) in [7, 11) is 0. The Bertz CT molecular complexity index is 1170. The summed E-state index contributed by atoms with van der Waals surface area (Å²) >= 11 is 0. The van der Waals surface area contributed by atoms with E-state index in [1.165, 1.54) is 24.3 Å². The number of rotatable bonds is 5. The number of hydrogen-bond acceptors (Lipinski definition) is 7. The number of aryl methyl sites for hydroxylation is 1. The van der Waals surface area contributed by atoms with Crippen molar-refractivity contribution >= 4 is 23.8 Å². The van der Waals surface area contributed by atoms with Gasteiger partial charge in [-0.15, -0.1) is 0 Å². The summed E-state index contributed by atoms with van der Waals surface area (Å²) in [4.78, 5) is 38.0. The lowest BCUT2D eigenvalue weighted by Gasteiger charge is -2.03. The molecular weight excluding hydrogens is 370 g/mol. The average Bonchev–Trinajstić information content (AvgIpc) is 3.07. The smallest absolute Gasteiger partial charge is 0.395 e. The van der Waals surface area contributed by atoms with Gasteiger partial charge in [-0.05, 0) is 48.9 Å². The van der Waals surface area contributed by atoms with E-state index in [0.717, 1.165) is 5.56 Å². The maximum atomic E-state index is 11.6. The molecule has 3 N–H and O–H groups in total. The molecular formula is C18H13N3O7. The first-order valence-electron chi connectivity index (χ1n) is 7.86. The van der Waals surface area contributed by atoms with Gasteiger partial charge in [0.25, 0.3) is 5.88 Å². The third kappa shape index (κ3) is 3.65. The van der Waals surface area contributed by atoms with E-state index >= 15 is 0 Å². The SMILES string of the molecule is Cc1cc(C(=O)O)ccc1-c1ccc(C=Cc2nc(O)c([N+](=O)[O-])c(=O)[nH]2)o1. The molecule has 0 saturated carbocycles. The number of nitrogens with zero attached hydrogens (tertiary/aromatic N) is 2. The molecule has 3 aromatic rings. The molecule has 0 saturated heterocycles. The van der Waals surface area contributed by atoms with E-state index in [9.17, 15) is 24.8 Å². The van der Waals surface area contributed by atoms with Crippen LogP contribution in [0.4, 0.5) is 5.69 Å². The van der Waals surface area contributed by atoms with Gasteiger partial charge in [0.15, 0.2) is 0 Å². The largest absolute Gasteiger partial charge is 0.488 e. The van der Waals surface area contributed by atoms with Crippen LogP contribution in [-0.4, -0.2) is 31.1 Å². The predicted octanol–water partition coefficient (Wildman–Crippen LogP) is 2.82. The Labute approximate surface area is 156 Å². The van der Waals surface area contributed by atoms with Crippen molar-refractivity contribution in [3.63, 3.8) is 0 Å². The highest BCUT2D eigenvalue weighted by Gasteiger charge is 2.21. The molecule has 0 atom stereocenters. The van der Waals surface area contributed by atoms with Gasteiger partial charge in [0.1, 0.15) is 17.3 Å². The molecule has 28 heavy (non-hydrogen) atoms. The second kappa shape index (κ2) is 7.19. The summed E-state index contributed by atoms with van der Waals surface area (Å²) in [5.41, 5.74) is -0.509. The molecule has 0 bridgehead atoms. The molecule has 142 valence electrons. The number of furan rings is 1. The summed E-state index contributed by atoms with van der Waals surface area (Å²) in [6.07, 6.45) is 2.77. The van der Waals surface area contributed by atoms with Crippen LogP contribution in [-0.2, 0) is 0 Å². The molecule has 10 nitrogen and oxygen atoms in total. The molecule has 0 spiro atoms. The maximum Gasteiger partial charge on any atom is 0.395 e. The average molecular weight is 383 g/mol. The van der Waals surface area contributed by atoms with Crippen molar-refractivity contribution in [1.29, 1.82) is 0 Å². The molecule has 0 fully saturated rings. The fourth-order valence-corrected chi connectivity index (χ4v) is 2.54. The second-order valence-corrected chi connectivity index (χ2v) is 5.75. The zero-order chi connectivity index (χ0) is 20.4. The van der Waals surface area contributed by atoms with Crippen molar-refractivity contribution < 1.29 is 24.3 Å². The lowest BCUT2D eigenvalue weighted by molar-refractivity contribution is -0.387. The summed E-state index contributed by atoms with van der Waals surface area (Å²) in [6.45, 7) is 1.76. The molecule has 0 radical (unpaired) electrons. The van der Waals surface area contributed by atoms with Gasteiger partial charge >= 0.3 is 17.2 Å². The molecule has 2 aromatic heterocycles. The standard InChI is InChI=1S/C18H13N3O7/c1-9-8-10(18(24)25)2-5-12(9)13-6-3-11(28-13)4-7-14-19-16(22)15(21(26)27)17(23)20-14/h2-8H,1H3,(H,24,25)(H2,19,20,22,23). The van der Waals surface area contributed by atoms with Crippen LogP contribution in [0.2, 0.25) is 0 Å². The first-order valence-corrected chi connectivity index (χ1v) is 7.86. The van der Waals surface area contributed by atoms with Gasteiger partial charge in [0.05, 0.1) is 10.5 Å². The third-order valence-electron chi connectivity index (χ3n) is 3.85. The van der Waals surface area contributed by atoms with Crippen molar-refractivity contribution in [1.82, 2.24) is 9.97 Å². The molecule has 1 aromatic carbocycles. The van der Waals surface area contributed by atoms with Gasteiger partial charge < -0.3 is 19.6 Å². The summed E-state index contributed by atoms with van der Waals surface area (Å²) in [5, 5.41) is 29.2. The number of nitrogens with one attached hydrogen (secondary N) is 1. The van der Waals surface area contributed by atoms with Crippen LogP contribution in [0.25, 0.3) is 23.5 Å². The van der Waals surface area contributed by atoms with Crippen LogP contribution >= 0.6 is 0 Å². The van der Waals surface area contributed by atoms with Gasteiger partial charge in [0, 0.05) is 5.56 Å². The Balaban J connectivity index is 1.87. The highest BCUT2D eigenvalue weighted by molar-refractivity contribution is 5.88. The fraction of sp³-hybridized carbons (Fsp3) is 0.0556. The Morgan fingerprint density at radius 1 is 1.29 bits per heavy atom. The monoisotopic (exact) mass is 383 g/mol. The van der Waals surface area contributed by atoms with Crippen molar-refractivity contribution in [3.8, 4) is 17.2 Å². The summed E-state index contributed by atoms with van der Waals surface area (Å²) in [6, 6.07) is 7.96. The zero-order valence-corrected chi connectivity index (χ0v) is 14.4. The Kier molecular flexibility index (Phi) is 4.77. The molecule has 3 rings (SSSR count). The number of aromatic amines is 1. The number of aromatic nitrogens is 2. The van der Waals surface area contributed by atoms with E-state index < -0.39 is 28.0 Å². The number of H-pyrrole nitrogens is 1. The zero-order valence-electron chi connectivity index (χ0n) is 14.4. The van der Waals surface area contributed by atoms with Crippen LogP contribution < -0.4 is 5.56 Å². The minimum atomic E-state index is -1.08. The number of carboxylic acids is 1. The number of aromatic carboxylic acids is 1. The first-order chi connectivity index (χ1) is 13.3. The molecule has 0 aliphatic carbocycles. The number of benzene rings is 1. The van der Waals surface area contributed by atoms with Gasteiger partial charge in [0.2, 0.25) is 0 Å².